The van der Waals surface area contributed by atoms with Crippen LogP contribution in [0, 0.1) is 5.41 Å². The van der Waals surface area contributed by atoms with E-state index in [1.807, 2.05) is 6.92 Å². The maximum Gasteiger partial charge on any atom is 0.322 e. The van der Waals surface area contributed by atoms with Crippen molar-refractivity contribution >= 4 is 17.5 Å². The fraction of sp³-hybridized carbons (Fsp3) is 0.750. The molecule has 0 fully saturated rings. The molecule has 1 N–H and O–H groups in total. The molecule has 102 valence electrons. The lowest BCUT2D eigenvalue weighted by atomic mass is 9.90. The fourth-order valence-electron chi connectivity index (χ4n) is 1.11. The molecule has 18 heavy (non-hydrogen) atoms. The van der Waals surface area contributed by atoms with Crippen LogP contribution in [-0.4, -0.2) is 28.1 Å². The van der Waals surface area contributed by atoms with Gasteiger partial charge < -0.3 is 10.1 Å². The van der Waals surface area contributed by atoms with Gasteiger partial charge in [-0.15, -0.1) is 0 Å². The van der Waals surface area contributed by atoms with Gasteiger partial charge in [0.2, 0.25) is 11.2 Å². The van der Waals surface area contributed by atoms with Crippen molar-refractivity contribution in [3.8, 4) is 6.01 Å². The fourth-order valence-corrected chi connectivity index (χ4v) is 1.26. The molecule has 1 rings (SSSR count). The minimum Gasteiger partial charge on any atom is -0.463 e. The first-order valence-electron chi connectivity index (χ1n) is 6.25. The Kier molecular flexibility index (Phi) is 5.59. The molecular formula is C12H21ClN4O. The van der Waals surface area contributed by atoms with Gasteiger partial charge >= 0.3 is 6.01 Å². The largest absolute Gasteiger partial charge is 0.463 e. The Hall–Kier alpha value is -1.10. The summed E-state index contributed by atoms with van der Waals surface area (Å²) in [5, 5.41) is 3.31. The second-order valence-corrected chi connectivity index (χ2v) is 5.27. The third-order valence-corrected chi connectivity index (χ3v) is 2.87. The standard InChI is InChI=1S/C12H21ClN4O/c1-5-7-18-11-16-9(13)15-10(17-11)14-8-12(3,4)6-2/h5-8H2,1-4H3,(H,14,15,16,17). The molecule has 0 saturated carbocycles. The summed E-state index contributed by atoms with van der Waals surface area (Å²) in [6, 6.07) is 0.272. The molecule has 0 atom stereocenters. The van der Waals surface area contributed by atoms with Gasteiger partial charge in [0.15, 0.2) is 0 Å². The quantitative estimate of drug-likeness (QED) is 0.826. The van der Waals surface area contributed by atoms with Crippen LogP contribution in [0.4, 0.5) is 5.95 Å². The summed E-state index contributed by atoms with van der Waals surface area (Å²) in [5.41, 5.74) is 0.184. The van der Waals surface area contributed by atoms with E-state index in [9.17, 15) is 0 Å². The predicted octanol–water partition coefficient (Wildman–Crippen LogP) is 3.16. The van der Waals surface area contributed by atoms with E-state index in [1.54, 1.807) is 0 Å². The van der Waals surface area contributed by atoms with Gasteiger partial charge in [-0.1, -0.05) is 27.7 Å². The average Bonchev–Trinajstić information content (AvgIpc) is 2.33. The van der Waals surface area contributed by atoms with Crippen LogP contribution in [0.25, 0.3) is 0 Å². The van der Waals surface area contributed by atoms with E-state index in [4.69, 9.17) is 16.3 Å². The second kappa shape index (κ2) is 6.73. The lowest BCUT2D eigenvalue weighted by Gasteiger charge is -2.22. The van der Waals surface area contributed by atoms with Crippen molar-refractivity contribution in [1.82, 2.24) is 15.0 Å². The van der Waals surface area contributed by atoms with E-state index in [0.717, 1.165) is 19.4 Å². The highest BCUT2D eigenvalue weighted by atomic mass is 35.5. The summed E-state index contributed by atoms with van der Waals surface area (Å²) in [7, 11) is 0. The zero-order chi connectivity index (χ0) is 13.6. The van der Waals surface area contributed by atoms with Crippen molar-refractivity contribution < 1.29 is 4.74 Å². The zero-order valence-electron chi connectivity index (χ0n) is 11.5. The number of anilines is 1. The lowest BCUT2D eigenvalue weighted by Crippen LogP contribution is -2.23. The number of halogens is 1. The van der Waals surface area contributed by atoms with Gasteiger partial charge in [-0.2, -0.15) is 15.0 Å². The van der Waals surface area contributed by atoms with E-state index in [2.05, 4.69) is 41.0 Å². The Bertz CT molecular complexity index is 384. The number of nitrogens with zero attached hydrogens (tertiary/aromatic N) is 3. The Morgan fingerprint density at radius 2 is 1.94 bits per heavy atom. The maximum absolute atomic E-state index is 5.83. The molecule has 1 aromatic heterocycles. The molecule has 0 amide bonds. The van der Waals surface area contributed by atoms with Crippen molar-refractivity contribution in [3.63, 3.8) is 0 Å². The van der Waals surface area contributed by atoms with Gasteiger partial charge in [0.25, 0.3) is 0 Å². The molecule has 0 saturated heterocycles. The molecule has 1 aromatic rings. The molecule has 0 bridgehead atoms. The van der Waals surface area contributed by atoms with Crippen LogP contribution >= 0.6 is 11.6 Å². The highest BCUT2D eigenvalue weighted by Crippen LogP contribution is 2.20. The van der Waals surface area contributed by atoms with Gasteiger partial charge in [-0.3, -0.25) is 0 Å². The van der Waals surface area contributed by atoms with E-state index >= 15 is 0 Å². The van der Waals surface area contributed by atoms with Crippen LogP contribution in [0.2, 0.25) is 5.28 Å². The Morgan fingerprint density at radius 3 is 2.56 bits per heavy atom. The first-order valence-corrected chi connectivity index (χ1v) is 6.63. The topological polar surface area (TPSA) is 59.9 Å². The van der Waals surface area contributed by atoms with Crippen molar-refractivity contribution in [2.24, 2.45) is 5.41 Å². The van der Waals surface area contributed by atoms with Crippen LogP contribution < -0.4 is 10.1 Å². The molecule has 0 spiro atoms. The normalized spacial score (nSPS) is 11.4. The number of hydrogen-bond acceptors (Lipinski definition) is 5. The molecule has 1 heterocycles. The monoisotopic (exact) mass is 272 g/mol. The number of hydrogen-bond donors (Lipinski definition) is 1. The van der Waals surface area contributed by atoms with Crippen LogP contribution in [0.3, 0.4) is 0 Å². The third-order valence-electron chi connectivity index (χ3n) is 2.71. The van der Waals surface area contributed by atoms with Crippen molar-refractivity contribution in [2.75, 3.05) is 18.5 Å². The van der Waals surface area contributed by atoms with Crippen LogP contribution in [0.15, 0.2) is 0 Å². The van der Waals surface area contributed by atoms with Gasteiger partial charge in [-0.05, 0) is 29.9 Å². The molecule has 5 nitrogen and oxygen atoms in total. The highest BCUT2D eigenvalue weighted by molar-refractivity contribution is 6.28. The van der Waals surface area contributed by atoms with E-state index in [0.29, 0.717) is 12.6 Å². The molecule has 0 radical (unpaired) electrons. The molecular weight excluding hydrogens is 252 g/mol. The molecule has 6 heteroatoms. The Morgan fingerprint density at radius 1 is 1.22 bits per heavy atom. The molecule has 0 aromatic carbocycles. The number of nitrogens with one attached hydrogen (secondary N) is 1. The minimum atomic E-state index is 0.146. The highest BCUT2D eigenvalue weighted by Gasteiger charge is 2.15. The summed E-state index contributed by atoms with van der Waals surface area (Å²) in [6.07, 6.45) is 1.97. The second-order valence-electron chi connectivity index (χ2n) is 4.93. The lowest BCUT2D eigenvalue weighted by molar-refractivity contribution is 0.291. The molecule has 0 aliphatic carbocycles. The predicted molar refractivity (Wildman–Crippen MR) is 73.2 cm³/mol. The van der Waals surface area contributed by atoms with E-state index in [-0.39, 0.29) is 16.7 Å². The van der Waals surface area contributed by atoms with E-state index in [1.165, 1.54) is 0 Å². The molecule has 0 aliphatic heterocycles. The summed E-state index contributed by atoms with van der Waals surface area (Å²) < 4.78 is 5.35. The van der Waals surface area contributed by atoms with Crippen molar-refractivity contribution in [3.05, 3.63) is 5.28 Å². The SMILES string of the molecule is CCCOc1nc(Cl)nc(NCC(C)(C)CC)n1. The van der Waals surface area contributed by atoms with Gasteiger partial charge in [0.05, 0.1) is 6.61 Å². The third kappa shape index (κ3) is 5.04. The summed E-state index contributed by atoms with van der Waals surface area (Å²) in [4.78, 5) is 12.1. The number of ether oxygens (including phenoxy) is 1. The van der Waals surface area contributed by atoms with E-state index < -0.39 is 0 Å². The van der Waals surface area contributed by atoms with Crippen LogP contribution in [0.5, 0.6) is 6.01 Å². The van der Waals surface area contributed by atoms with Crippen LogP contribution in [-0.2, 0) is 0 Å². The Labute approximate surface area is 113 Å². The Balaban J connectivity index is 2.68. The maximum atomic E-state index is 5.83. The zero-order valence-corrected chi connectivity index (χ0v) is 12.2. The first-order chi connectivity index (χ1) is 8.46. The summed E-state index contributed by atoms with van der Waals surface area (Å²) >= 11 is 5.83. The summed E-state index contributed by atoms with van der Waals surface area (Å²) in [5.74, 6) is 0.461. The summed E-state index contributed by atoms with van der Waals surface area (Å²) in [6.45, 7) is 9.87. The number of rotatable bonds is 7. The van der Waals surface area contributed by atoms with Gasteiger partial charge in [0, 0.05) is 6.54 Å². The minimum absolute atomic E-state index is 0.146. The van der Waals surface area contributed by atoms with Crippen molar-refractivity contribution in [2.45, 2.75) is 40.5 Å². The molecule has 0 unspecified atom stereocenters. The number of aromatic nitrogens is 3. The average molecular weight is 273 g/mol. The smallest absolute Gasteiger partial charge is 0.322 e. The van der Waals surface area contributed by atoms with Crippen LogP contribution in [0.1, 0.15) is 40.5 Å². The van der Waals surface area contributed by atoms with Gasteiger partial charge in [0.1, 0.15) is 0 Å². The molecule has 0 aliphatic rings. The van der Waals surface area contributed by atoms with Crippen molar-refractivity contribution in [1.29, 1.82) is 0 Å². The van der Waals surface area contributed by atoms with Gasteiger partial charge in [-0.25, -0.2) is 0 Å². The first kappa shape index (κ1) is 15.0.